The number of rotatable bonds is 8. The van der Waals surface area contributed by atoms with E-state index in [-0.39, 0.29) is 11.8 Å². The van der Waals surface area contributed by atoms with Gasteiger partial charge in [-0.2, -0.15) is 0 Å². The molecule has 1 saturated carbocycles. The van der Waals surface area contributed by atoms with Crippen LogP contribution in [0.15, 0.2) is 103 Å². The third-order valence-corrected chi connectivity index (χ3v) is 6.81. The molecule has 1 aliphatic carbocycles. The van der Waals surface area contributed by atoms with Gasteiger partial charge in [0.15, 0.2) is 0 Å². The van der Waals surface area contributed by atoms with E-state index in [1.54, 1.807) is 0 Å². The smallest absolute Gasteiger partial charge is 0.226 e. The lowest BCUT2D eigenvalue weighted by Crippen LogP contribution is -2.32. The number of carbonyl (C=O) groups is 1. The highest BCUT2D eigenvalue weighted by Gasteiger charge is 2.45. The van der Waals surface area contributed by atoms with Gasteiger partial charge in [-0.15, -0.1) is 0 Å². The van der Waals surface area contributed by atoms with Gasteiger partial charge in [-0.25, -0.2) is 0 Å². The molecular weight excluding hydrogens is 428 g/mol. The van der Waals surface area contributed by atoms with Crippen molar-refractivity contribution in [2.75, 3.05) is 0 Å². The molecule has 2 unspecified atom stereocenters. The third-order valence-electron chi connectivity index (χ3n) is 6.44. The first kappa shape index (κ1) is 21.5. The van der Waals surface area contributed by atoms with Crippen molar-refractivity contribution in [2.45, 2.75) is 32.0 Å². The summed E-state index contributed by atoms with van der Waals surface area (Å²) in [5, 5.41) is 0.762. The van der Waals surface area contributed by atoms with Crippen LogP contribution in [0, 0.1) is 5.92 Å². The molecule has 0 aliphatic heterocycles. The molecule has 0 saturated heterocycles. The van der Waals surface area contributed by atoms with E-state index in [2.05, 4.69) is 53.2 Å². The summed E-state index contributed by atoms with van der Waals surface area (Å²) in [7, 11) is 0. The van der Waals surface area contributed by atoms with Crippen LogP contribution in [0.5, 0.6) is 0 Å². The molecular formula is C29H27ClN2O. The lowest BCUT2D eigenvalue weighted by Gasteiger charge is -2.24. The minimum absolute atomic E-state index is 0.0584. The van der Waals surface area contributed by atoms with E-state index in [0.717, 1.165) is 28.3 Å². The molecule has 1 amide bonds. The van der Waals surface area contributed by atoms with Crippen LogP contribution in [0.25, 0.3) is 0 Å². The molecule has 1 aliphatic rings. The molecule has 1 heterocycles. The molecule has 4 heteroatoms. The van der Waals surface area contributed by atoms with Crippen LogP contribution in [0.3, 0.4) is 0 Å². The maximum atomic E-state index is 13.6. The van der Waals surface area contributed by atoms with Crippen molar-refractivity contribution in [3.63, 3.8) is 0 Å². The van der Waals surface area contributed by atoms with Gasteiger partial charge in [0.25, 0.3) is 0 Å². The van der Waals surface area contributed by atoms with Crippen molar-refractivity contribution in [1.82, 2.24) is 9.47 Å². The molecule has 0 N–H and O–H groups in total. The lowest BCUT2D eigenvalue weighted by molar-refractivity contribution is -0.134. The minimum atomic E-state index is 0.0584. The van der Waals surface area contributed by atoms with E-state index in [1.807, 2.05) is 59.5 Å². The van der Waals surface area contributed by atoms with Crippen molar-refractivity contribution in [2.24, 2.45) is 5.92 Å². The van der Waals surface area contributed by atoms with Crippen molar-refractivity contribution in [1.29, 1.82) is 0 Å². The van der Waals surface area contributed by atoms with Gasteiger partial charge in [-0.3, -0.25) is 4.79 Å². The summed E-state index contributed by atoms with van der Waals surface area (Å²) in [5.74, 6) is 0.619. The van der Waals surface area contributed by atoms with E-state index >= 15 is 0 Å². The Hall–Kier alpha value is -3.30. The van der Waals surface area contributed by atoms with Crippen molar-refractivity contribution in [3.05, 3.63) is 131 Å². The summed E-state index contributed by atoms with van der Waals surface area (Å²) < 4.78 is 2.19. The molecule has 2 atom stereocenters. The summed E-state index contributed by atoms with van der Waals surface area (Å²) in [6, 6.07) is 32.7. The maximum Gasteiger partial charge on any atom is 0.226 e. The van der Waals surface area contributed by atoms with Gasteiger partial charge in [0, 0.05) is 35.9 Å². The summed E-state index contributed by atoms with van der Waals surface area (Å²) in [6.45, 7) is 1.86. The number of amides is 1. The van der Waals surface area contributed by atoms with Crippen molar-refractivity contribution < 1.29 is 4.79 Å². The minimum Gasteiger partial charge on any atom is -0.345 e. The monoisotopic (exact) mass is 454 g/mol. The van der Waals surface area contributed by atoms with Crippen LogP contribution in [-0.4, -0.2) is 15.4 Å². The molecule has 1 aromatic heterocycles. The van der Waals surface area contributed by atoms with E-state index in [0.29, 0.717) is 25.6 Å². The van der Waals surface area contributed by atoms with E-state index in [1.165, 1.54) is 5.56 Å². The zero-order chi connectivity index (χ0) is 22.6. The molecule has 33 heavy (non-hydrogen) atoms. The van der Waals surface area contributed by atoms with Gasteiger partial charge in [0.1, 0.15) is 0 Å². The summed E-state index contributed by atoms with van der Waals surface area (Å²) in [6.07, 6.45) is 2.99. The Morgan fingerprint density at radius 3 is 2.30 bits per heavy atom. The van der Waals surface area contributed by atoms with Gasteiger partial charge < -0.3 is 9.47 Å². The van der Waals surface area contributed by atoms with E-state index in [4.69, 9.17) is 11.6 Å². The van der Waals surface area contributed by atoms with Crippen LogP contribution in [0.2, 0.25) is 5.02 Å². The average Bonchev–Trinajstić information content (AvgIpc) is 3.54. The molecule has 166 valence electrons. The maximum absolute atomic E-state index is 13.6. The van der Waals surface area contributed by atoms with Crippen LogP contribution in [-0.2, 0) is 24.4 Å². The zero-order valence-electron chi connectivity index (χ0n) is 18.5. The second kappa shape index (κ2) is 9.68. The number of carbonyl (C=O) groups excluding carboxylic acids is 1. The fraction of sp³-hybridized carbons (Fsp3) is 0.207. The largest absolute Gasteiger partial charge is 0.345 e. The quantitative estimate of drug-likeness (QED) is 0.297. The molecule has 0 spiro atoms. The van der Waals surface area contributed by atoms with E-state index in [9.17, 15) is 4.79 Å². The lowest BCUT2D eigenvalue weighted by atomic mass is 10.1. The second-order valence-electron chi connectivity index (χ2n) is 8.76. The molecule has 1 fully saturated rings. The summed E-state index contributed by atoms with van der Waals surface area (Å²) in [5.41, 5.74) is 4.59. The predicted octanol–water partition coefficient (Wildman–Crippen LogP) is 6.52. The summed E-state index contributed by atoms with van der Waals surface area (Å²) in [4.78, 5) is 15.7. The normalized spacial score (nSPS) is 17.0. The Morgan fingerprint density at radius 1 is 0.848 bits per heavy atom. The van der Waals surface area contributed by atoms with Crippen LogP contribution >= 0.6 is 11.6 Å². The molecule has 4 aromatic rings. The molecule has 5 rings (SSSR count). The highest BCUT2D eigenvalue weighted by Crippen LogP contribution is 2.48. The van der Waals surface area contributed by atoms with E-state index < -0.39 is 0 Å². The Morgan fingerprint density at radius 2 is 1.55 bits per heavy atom. The number of halogens is 1. The molecule has 3 aromatic carbocycles. The Balaban J connectivity index is 1.36. The number of benzene rings is 3. The SMILES string of the molecule is O=C(C1CC1c1ccccc1)N(Cc1ccccc1)Cc1cccn1Cc1ccccc1Cl. The van der Waals surface area contributed by atoms with Gasteiger partial charge in [-0.1, -0.05) is 90.5 Å². The summed E-state index contributed by atoms with van der Waals surface area (Å²) >= 11 is 6.40. The third kappa shape index (κ3) is 5.04. The van der Waals surface area contributed by atoms with Crippen molar-refractivity contribution in [3.8, 4) is 0 Å². The van der Waals surface area contributed by atoms with Gasteiger partial charge in [0.2, 0.25) is 5.91 Å². The Labute approximate surface area is 200 Å². The Kier molecular flexibility index (Phi) is 6.32. The standard InChI is InChI=1S/C29H27ClN2O/c30-28-16-8-7-14-24(28)20-31-17-9-15-25(31)21-32(19-22-10-3-1-4-11-22)29(33)27-18-26(27)23-12-5-2-6-13-23/h1-17,26-27H,18-21H2. The number of hydrogen-bond acceptors (Lipinski definition) is 1. The first-order chi connectivity index (χ1) is 16.2. The topological polar surface area (TPSA) is 25.2 Å². The van der Waals surface area contributed by atoms with Gasteiger partial charge >= 0.3 is 0 Å². The van der Waals surface area contributed by atoms with Gasteiger partial charge in [-0.05, 0) is 47.2 Å². The Bertz CT molecular complexity index is 1220. The fourth-order valence-electron chi connectivity index (χ4n) is 4.54. The highest BCUT2D eigenvalue weighted by atomic mass is 35.5. The van der Waals surface area contributed by atoms with Crippen molar-refractivity contribution >= 4 is 17.5 Å². The first-order valence-corrected chi connectivity index (χ1v) is 11.8. The number of aromatic nitrogens is 1. The number of nitrogens with zero attached hydrogens (tertiary/aromatic N) is 2. The zero-order valence-corrected chi connectivity index (χ0v) is 19.2. The van der Waals surface area contributed by atoms with Gasteiger partial charge in [0.05, 0.1) is 6.54 Å². The average molecular weight is 455 g/mol. The predicted molar refractivity (Wildman–Crippen MR) is 133 cm³/mol. The molecule has 0 radical (unpaired) electrons. The van der Waals surface area contributed by atoms with Crippen LogP contribution < -0.4 is 0 Å². The number of hydrogen-bond donors (Lipinski definition) is 0. The van der Waals surface area contributed by atoms with Crippen LogP contribution in [0.4, 0.5) is 0 Å². The highest BCUT2D eigenvalue weighted by molar-refractivity contribution is 6.31. The molecule has 0 bridgehead atoms. The molecule has 3 nitrogen and oxygen atoms in total. The second-order valence-corrected chi connectivity index (χ2v) is 9.17. The fourth-order valence-corrected chi connectivity index (χ4v) is 4.74. The van der Waals surface area contributed by atoms with Crippen LogP contribution in [0.1, 0.15) is 34.7 Å². The first-order valence-electron chi connectivity index (χ1n) is 11.4.